The molecule has 0 aliphatic carbocycles. The summed E-state index contributed by atoms with van der Waals surface area (Å²) < 4.78 is 0. The van der Waals surface area contributed by atoms with E-state index in [-0.39, 0.29) is 5.91 Å². The molecular weight excluding hydrogens is 511 g/mol. The maximum Gasteiger partial charge on any atom is 0.251 e. The van der Waals surface area contributed by atoms with E-state index in [9.17, 15) is 4.79 Å². The Balaban J connectivity index is 1.28. The Morgan fingerprint density at radius 1 is 0.919 bits per heavy atom. The van der Waals surface area contributed by atoms with Crippen LogP contribution < -0.4 is 20.4 Å². The minimum Gasteiger partial charge on any atom is -0.357 e. The lowest BCUT2D eigenvalue weighted by atomic mass is 9.97. The summed E-state index contributed by atoms with van der Waals surface area (Å²) in [5, 5.41) is 7.13. The molecule has 37 heavy (non-hydrogen) atoms. The predicted molar refractivity (Wildman–Crippen MR) is 148 cm³/mol. The van der Waals surface area contributed by atoms with Gasteiger partial charge in [-0.2, -0.15) is 15.0 Å². The maximum absolute atomic E-state index is 12.8. The van der Waals surface area contributed by atoms with E-state index >= 15 is 0 Å². The molecule has 0 bridgehead atoms. The van der Waals surface area contributed by atoms with Gasteiger partial charge in [-0.3, -0.25) is 4.79 Å². The fourth-order valence-electron chi connectivity index (χ4n) is 4.56. The monoisotopic (exact) mass is 540 g/mol. The molecule has 1 saturated heterocycles. The Kier molecular flexibility index (Phi) is 7.64. The first kappa shape index (κ1) is 25.5. The van der Waals surface area contributed by atoms with Gasteiger partial charge in [0.1, 0.15) is 0 Å². The predicted octanol–water partition coefficient (Wildman–Crippen LogP) is 3.46. The number of halogens is 2. The van der Waals surface area contributed by atoms with Crippen molar-refractivity contribution in [1.82, 2.24) is 25.2 Å². The van der Waals surface area contributed by atoms with E-state index in [1.165, 1.54) is 0 Å². The second kappa shape index (κ2) is 11.1. The molecule has 11 heteroatoms. The molecule has 3 aromatic rings. The fraction of sp³-hybridized carbons (Fsp3) is 0.385. The molecule has 0 radical (unpaired) electrons. The number of hydrogen-bond acceptors (Lipinski definition) is 8. The second-order valence-electron chi connectivity index (χ2n) is 9.37. The highest BCUT2D eigenvalue weighted by Gasteiger charge is 2.24. The summed E-state index contributed by atoms with van der Waals surface area (Å²) in [6.45, 7) is 5.51. The van der Waals surface area contributed by atoms with Crippen LogP contribution in [0.1, 0.15) is 27.0 Å². The second-order valence-corrected chi connectivity index (χ2v) is 10.2. The summed E-state index contributed by atoms with van der Waals surface area (Å²) >= 11 is 12.2. The molecular formula is C26H30Cl2N8O. The van der Waals surface area contributed by atoms with E-state index in [2.05, 4.69) is 42.3 Å². The topological polar surface area (TPSA) is 89.5 Å². The van der Waals surface area contributed by atoms with Gasteiger partial charge >= 0.3 is 0 Å². The van der Waals surface area contributed by atoms with E-state index in [0.29, 0.717) is 46.5 Å². The number of anilines is 3. The number of aromatic nitrogens is 3. The highest BCUT2D eigenvalue weighted by Crippen LogP contribution is 2.26. The first-order valence-corrected chi connectivity index (χ1v) is 13.1. The zero-order valence-corrected chi connectivity index (χ0v) is 22.5. The molecule has 2 aliphatic rings. The Hall–Kier alpha value is -3.14. The Morgan fingerprint density at radius 3 is 2.41 bits per heavy atom. The van der Waals surface area contributed by atoms with E-state index in [0.717, 1.165) is 55.8 Å². The summed E-state index contributed by atoms with van der Waals surface area (Å²) in [4.78, 5) is 33.6. The number of nitrogens with one attached hydrogen (secondary N) is 2. The number of benzene rings is 2. The highest BCUT2D eigenvalue weighted by molar-refractivity contribution is 6.35. The van der Waals surface area contributed by atoms with Crippen LogP contribution in [0.5, 0.6) is 0 Å². The lowest BCUT2D eigenvalue weighted by Crippen LogP contribution is -2.45. The normalized spacial score (nSPS) is 15.9. The van der Waals surface area contributed by atoms with Gasteiger partial charge in [0.05, 0.1) is 0 Å². The fourth-order valence-corrected chi connectivity index (χ4v) is 5.04. The van der Waals surface area contributed by atoms with Crippen molar-refractivity contribution in [2.45, 2.75) is 19.5 Å². The summed E-state index contributed by atoms with van der Waals surface area (Å²) in [6.07, 6.45) is 0.796. The minimum atomic E-state index is -0.135. The van der Waals surface area contributed by atoms with Crippen LogP contribution in [-0.4, -0.2) is 72.6 Å². The molecule has 0 unspecified atom stereocenters. The largest absolute Gasteiger partial charge is 0.357 e. The van der Waals surface area contributed by atoms with Crippen molar-refractivity contribution in [3.8, 4) is 0 Å². The third kappa shape index (κ3) is 5.89. The molecule has 1 aromatic heterocycles. The van der Waals surface area contributed by atoms with Crippen LogP contribution in [-0.2, 0) is 19.5 Å². The van der Waals surface area contributed by atoms with Crippen LogP contribution in [0.4, 0.5) is 17.8 Å². The Morgan fingerprint density at radius 2 is 1.68 bits per heavy atom. The van der Waals surface area contributed by atoms with Crippen LogP contribution in [0, 0.1) is 0 Å². The van der Waals surface area contributed by atoms with Gasteiger partial charge in [0.2, 0.25) is 17.8 Å². The van der Waals surface area contributed by atoms with Gasteiger partial charge in [-0.05, 0) is 54.4 Å². The molecule has 1 fully saturated rings. The van der Waals surface area contributed by atoms with Crippen molar-refractivity contribution in [3.05, 3.63) is 68.7 Å². The lowest BCUT2D eigenvalue weighted by molar-refractivity contribution is 0.0951. The van der Waals surface area contributed by atoms with Crippen LogP contribution in [0.3, 0.4) is 0 Å². The van der Waals surface area contributed by atoms with E-state index in [1.54, 1.807) is 12.1 Å². The van der Waals surface area contributed by atoms with Crippen LogP contribution in [0.25, 0.3) is 0 Å². The van der Waals surface area contributed by atoms with Gasteiger partial charge in [0.15, 0.2) is 0 Å². The van der Waals surface area contributed by atoms with Crippen molar-refractivity contribution in [3.63, 3.8) is 0 Å². The minimum absolute atomic E-state index is 0.135. The van der Waals surface area contributed by atoms with E-state index in [4.69, 9.17) is 28.2 Å². The first-order chi connectivity index (χ1) is 17.9. The quantitative estimate of drug-likeness (QED) is 0.491. The third-order valence-electron chi connectivity index (χ3n) is 6.84. The molecule has 194 valence electrons. The molecule has 0 atom stereocenters. The average Bonchev–Trinajstić information content (AvgIpc) is 2.92. The standard InChI is InChI=1S/C26H30Cl2N8O/c1-29-24-31-25(35-11-9-34(2)10-12-35)33-26(32-24)36-8-7-17-13-18(3-4-20(17)16-36)23(37)30-15-19-5-6-21(27)14-22(19)28/h3-6,13-14H,7-12,15-16H2,1-2H3,(H,30,37)(H,29,31,32,33). The summed E-state index contributed by atoms with van der Waals surface area (Å²) in [7, 11) is 3.95. The molecule has 9 nitrogen and oxygen atoms in total. The van der Waals surface area contributed by atoms with E-state index < -0.39 is 0 Å². The number of piperazine rings is 1. The number of rotatable bonds is 6. The summed E-state index contributed by atoms with van der Waals surface area (Å²) in [6, 6.07) is 11.1. The smallest absolute Gasteiger partial charge is 0.251 e. The Bertz CT molecular complexity index is 1300. The number of hydrogen-bond donors (Lipinski definition) is 2. The Labute approximate surface area is 226 Å². The van der Waals surface area contributed by atoms with Crippen LogP contribution in [0.2, 0.25) is 10.0 Å². The molecule has 1 amide bonds. The zero-order valence-electron chi connectivity index (χ0n) is 21.0. The number of fused-ring (bicyclic) bond motifs is 1. The molecule has 2 aromatic carbocycles. The molecule has 3 heterocycles. The van der Waals surface area contributed by atoms with Gasteiger partial charge in [-0.1, -0.05) is 35.3 Å². The van der Waals surface area contributed by atoms with Gasteiger partial charge in [0.25, 0.3) is 5.91 Å². The van der Waals surface area contributed by atoms with Crippen molar-refractivity contribution in [1.29, 1.82) is 0 Å². The van der Waals surface area contributed by atoms with Crippen molar-refractivity contribution < 1.29 is 4.79 Å². The molecule has 5 rings (SSSR count). The summed E-state index contributed by atoms with van der Waals surface area (Å²) in [5.41, 5.74) is 3.78. The van der Waals surface area contributed by atoms with Crippen LogP contribution in [0.15, 0.2) is 36.4 Å². The molecule has 0 saturated carbocycles. The third-order valence-corrected chi connectivity index (χ3v) is 7.43. The van der Waals surface area contributed by atoms with Crippen molar-refractivity contribution >= 4 is 47.0 Å². The number of amides is 1. The summed E-state index contributed by atoms with van der Waals surface area (Å²) in [5.74, 6) is 1.81. The van der Waals surface area contributed by atoms with Gasteiger partial charge in [-0.15, -0.1) is 0 Å². The SMILES string of the molecule is CNc1nc(N2CCN(C)CC2)nc(N2CCc3cc(C(=O)NCc4ccc(Cl)cc4Cl)ccc3C2)n1. The highest BCUT2D eigenvalue weighted by atomic mass is 35.5. The zero-order chi connectivity index (χ0) is 25.9. The average molecular weight is 541 g/mol. The van der Waals surface area contributed by atoms with Gasteiger partial charge in [-0.25, -0.2) is 0 Å². The van der Waals surface area contributed by atoms with Crippen LogP contribution >= 0.6 is 23.2 Å². The first-order valence-electron chi connectivity index (χ1n) is 12.4. The van der Waals surface area contributed by atoms with E-state index in [1.807, 2.05) is 31.3 Å². The van der Waals surface area contributed by atoms with Gasteiger partial charge < -0.3 is 25.3 Å². The number of carbonyl (C=O) groups is 1. The molecule has 2 N–H and O–H groups in total. The lowest BCUT2D eigenvalue weighted by Gasteiger charge is -2.33. The number of nitrogens with zero attached hydrogens (tertiary/aromatic N) is 6. The van der Waals surface area contributed by atoms with Crippen molar-refractivity contribution in [2.24, 2.45) is 0 Å². The maximum atomic E-state index is 12.8. The number of carbonyl (C=O) groups excluding carboxylic acids is 1. The molecule has 0 spiro atoms. The molecule has 2 aliphatic heterocycles. The number of likely N-dealkylation sites (N-methyl/N-ethyl adjacent to an activating group) is 1. The van der Waals surface area contributed by atoms with Crippen molar-refractivity contribution in [2.75, 3.05) is 61.9 Å². The van der Waals surface area contributed by atoms with Gasteiger partial charge in [0, 0.05) is 68.5 Å².